The van der Waals surface area contributed by atoms with Crippen molar-refractivity contribution >= 4 is 18.3 Å². The van der Waals surface area contributed by atoms with E-state index in [4.69, 9.17) is 0 Å². The fourth-order valence-electron chi connectivity index (χ4n) is 3.82. The number of likely N-dealkylation sites (tertiary alicyclic amines) is 1. The molecule has 0 spiro atoms. The zero-order chi connectivity index (χ0) is 18.6. The molecule has 28 heavy (non-hydrogen) atoms. The second-order valence-corrected chi connectivity index (χ2v) is 6.90. The molecule has 0 saturated carbocycles. The van der Waals surface area contributed by atoms with Crippen molar-refractivity contribution in [1.82, 2.24) is 20.0 Å². The van der Waals surface area contributed by atoms with E-state index in [1.807, 2.05) is 65.2 Å². The van der Waals surface area contributed by atoms with Crippen molar-refractivity contribution in [2.45, 2.75) is 18.9 Å². The van der Waals surface area contributed by atoms with Gasteiger partial charge in [0.2, 0.25) is 0 Å². The highest BCUT2D eigenvalue weighted by atomic mass is 35.5. The van der Waals surface area contributed by atoms with Crippen molar-refractivity contribution in [3.63, 3.8) is 0 Å². The van der Waals surface area contributed by atoms with E-state index >= 15 is 0 Å². The molecule has 1 aromatic heterocycles. The lowest BCUT2D eigenvalue weighted by Gasteiger charge is -2.24. The maximum atomic E-state index is 13.1. The Balaban J connectivity index is 0.00000225. The van der Waals surface area contributed by atoms with Gasteiger partial charge in [-0.1, -0.05) is 36.4 Å². The zero-order valence-corrected chi connectivity index (χ0v) is 16.7. The largest absolute Gasteiger partial charge is 0.334 e. The molecule has 1 saturated heterocycles. The molecule has 2 heterocycles. The molecule has 1 unspecified atom stereocenters. The first-order chi connectivity index (χ1) is 13.3. The monoisotopic (exact) mass is 396 g/mol. The van der Waals surface area contributed by atoms with Crippen LogP contribution in [0.2, 0.25) is 0 Å². The number of carbonyl (C=O) groups is 1. The molecule has 1 atom stereocenters. The summed E-state index contributed by atoms with van der Waals surface area (Å²) in [6.45, 7) is 1.66. The van der Waals surface area contributed by atoms with Crippen LogP contribution in [-0.4, -0.2) is 46.8 Å². The molecular weight excluding hydrogens is 372 g/mol. The standard InChI is InChI=1S/C22H24N4O.ClH/c1-23-16-20-11-6-14-25(20)22(27)18-9-5-10-19(15-18)26-21(12-13-24-26)17-7-3-2-4-8-17;/h2-5,7-10,12-13,15,20,23H,6,11,14,16H2,1H3;1H. The number of nitrogens with zero attached hydrogens (tertiary/aromatic N) is 3. The van der Waals surface area contributed by atoms with Gasteiger partial charge in [-0.2, -0.15) is 5.10 Å². The summed E-state index contributed by atoms with van der Waals surface area (Å²) < 4.78 is 1.89. The third-order valence-corrected chi connectivity index (χ3v) is 5.13. The van der Waals surface area contributed by atoms with Gasteiger partial charge in [0.15, 0.2) is 0 Å². The van der Waals surface area contributed by atoms with E-state index in [0.29, 0.717) is 5.56 Å². The number of hydrogen-bond acceptors (Lipinski definition) is 3. The van der Waals surface area contributed by atoms with Crippen molar-refractivity contribution < 1.29 is 4.79 Å². The van der Waals surface area contributed by atoms with E-state index in [-0.39, 0.29) is 24.4 Å². The smallest absolute Gasteiger partial charge is 0.254 e. The highest BCUT2D eigenvalue weighted by Crippen LogP contribution is 2.24. The molecule has 4 rings (SSSR count). The maximum Gasteiger partial charge on any atom is 0.254 e. The van der Waals surface area contributed by atoms with Gasteiger partial charge in [-0.3, -0.25) is 4.79 Å². The first kappa shape index (κ1) is 20.1. The number of carbonyl (C=O) groups excluding carboxylic acids is 1. The molecule has 2 aromatic carbocycles. The summed E-state index contributed by atoms with van der Waals surface area (Å²) in [4.78, 5) is 15.1. The van der Waals surface area contributed by atoms with Crippen LogP contribution in [0.3, 0.4) is 0 Å². The van der Waals surface area contributed by atoms with Gasteiger partial charge in [0.25, 0.3) is 5.91 Å². The van der Waals surface area contributed by atoms with Crippen molar-refractivity contribution in [1.29, 1.82) is 0 Å². The minimum atomic E-state index is 0. The van der Waals surface area contributed by atoms with E-state index < -0.39 is 0 Å². The number of aromatic nitrogens is 2. The van der Waals surface area contributed by atoms with Gasteiger partial charge in [0.05, 0.1) is 17.6 Å². The summed E-state index contributed by atoms with van der Waals surface area (Å²) in [6, 6.07) is 20.2. The second kappa shape index (κ2) is 9.04. The number of hydrogen-bond donors (Lipinski definition) is 1. The molecule has 1 fully saturated rings. The quantitative estimate of drug-likeness (QED) is 0.713. The molecule has 5 nitrogen and oxygen atoms in total. The second-order valence-electron chi connectivity index (χ2n) is 6.90. The van der Waals surface area contributed by atoms with Gasteiger partial charge in [-0.25, -0.2) is 4.68 Å². The molecule has 1 N–H and O–H groups in total. The zero-order valence-electron chi connectivity index (χ0n) is 15.9. The van der Waals surface area contributed by atoms with Crippen molar-refractivity contribution in [2.24, 2.45) is 0 Å². The van der Waals surface area contributed by atoms with Gasteiger partial charge in [0, 0.05) is 30.3 Å². The third-order valence-electron chi connectivity index (χ3n) is 5.13. The van der Waals surface area contributed by atoms with E-state index in [1.165, 1.54) is 0 Å². The van der Waals surface area contributed by atoms with Crippen LogP contribution >= 0.6 is 12.4 Å². The molecule has 146 valence electrons. The number of halogens is 1. The van der Waals surface area contributed by atoms with Gasteiger partial charge in [0.1, 0.15) is 0 Å². The molecule has 1 aliphatic rings. The lowest BCUT2D eigenvalue weighted by molar-refractivity contribution is 0.0737. The number of nitrogens with one attached hydrogen (secondary N) is 1. The Kier molecular flexibility index (Phi) is 6.49. The Morgan fingerprint density at radius 2 is 1.96 bits per heavy atom. The Labute approximate surface area is 171 Å². The van der Waals surface area contributed by atoms with Crippen LogP contribution in [0.5, 0.6) is 0 Å². The van der Waals surface area contributed by atoms with Crippen molar-refractivity contribution in [3.8, 4) is 16.9 Å². The lowest BCUT2D eigenvalue weighted by Crippen LogP contribution is -2.40. The van der Waals surface area contributed by atoms with Crippen LogP contribution in [0.25, 0.3) is 16.9 Å². The topological polar surface area (TPSA) is 50.2 Å². The van der Waals surface area contributed by atoms with Crippen LogP contribution in [0, 0.1) is 0 Å². The Morgan fingerprint density at radius 1 is 1.14 bits per heavy atom. The van der Waals surface area contributed by atoms with Crippen LogP contribution in [0.4, 0.5) is 0 Å². The first-order valence-corrected chi connectivity index (χ1v) is 9.43. The predicted octanol–water partition coefficient (Wildman–Crippen LogP) is 3.79. The molecule has 0 radical (unpaired) electrons. The SMILES string of the molecule is CNCC1CCCN1C(=O)c1cccc(-n2nccc2-c2ccccc2)c1.Cl. The van der Waals surface area contributed by atoms with E-state index in [0.717, 1.165) is 42.9 Å². The summed E-state index contributed by atoms with van der Waals surface area (Å²) in [7, 11) is 1.93. The predicted molar refractivity (Wildman–Crippen MR) is 114 cm³/mol. The first-order valence-electron chi connectivity index (χ1n) is 9.43. The number of amides is 1. The fraction of sp³-hybridized carbons (Fsp3) is 0.273. The molecule has 6 heteroatoms. The average molecular weight is 397 g/mol. The fourth-order valence-corrected chi connectivity index (χ4v) is 3.82. The van der Waals surface area contributed by atoms with Gasteiger partial charge in [-0.15, -0.1) is 12.4 Å². The molecule has 0 bridgehead atoms. The highest BCUT2D eigenvalue weighted by Gasteiger charge is 2.28. The normalized spacial score (nSPS) is 16.0. The van der Waals surface area contributed by atoms with Crippen LogP contribution in [0.1, 0.15) is 23.2 Å². The summed E-state index contributed by atoms with van der Waals surface area (Å²) in [6.07, 6.45) is 3.92. The molecule has 1 amide bonds. The summed E-state index contributed by atoms with van der Waals surface area (Å²) in [5.74, 6) is 0.100. The van der Waals surface area contributed by atoms with E-state index in [1.54, 1.807) is 6.20 Å². The van der Waals surface area contributed by atoms with Crippen molar-refractivity contribution in [2.75, 3.05) is 20.1 Å². The molecule has 0 aliphatic carbocycles. The van der Waals surface area contributed by atoms with Gasteiger partial charge in [-0.05, 0) is 44.2 Å². The number of benzene rings is 2. The molecule has 1 aliphatic heterocycles. The average Bonchev–Trinajstić information content (AvgIpc) is 3.38. The van der Waals surface area contributed by atoms with E-state index in [9.17, 15) is 4.79 Å². The van der Waals surface area contributed by atoms with Crippen molar-refractivity contribution in [3.05, 3.63) is 72.4 Å². The van der Waals surface area contributed by atoms with E-state index in [2.05, 4.69) is 22.5 Å². The van der Waals surface area contributed by atoms with Crippen LogP contribution in [-0.2, 0) is 0 Å². The van der Waals surface area contributed by atoms with Crippen LogP contribution < -0.4 is 5.32 Å². The minimum absolute atomic E-state index is 0. The Hall–Kier alpha value is -2.63. The van der Waals surface area contributed by atoms with Gasteiger partial charge < -0.3 is 10.2 Å². The molecular formula is C22H25ClN4O. The number of rotatable bonds is 5. The highest BCUT2D eigenvalue weighted by molar-refractivity contribution is 5.95. The summed E-state index contributed by atoms with van der Waals surface area (Å²) in [5.41, 5.74) is 3.72. The Morgan fingerprint density at radius 3 is 2.75 bits per heavy atom. The van der Waals surface area contributed by atoms with Crippen LogP contribution in [0.15, 0.2) is 66.9 Å². The third kappa shape index (κ3) is 3.96. The summed E-state index contributed by atoms with van der Waals surface area (Å²) >= 11 is 0. The van der Waals surface area contributed by atoms with Gasteiger partial charge >= 0.3 is 0 Å². The number of likely N-dealkylation sites (N-methyl/N-ethyl adjacent to an activating group) is 1. The minimum Gasteiger partial charge on any atom is -0.334 e. The lowest BCUT2D eigenvalue weighted by atomic mass is 10.1. The maximum absolute atomic E-state index is 13.1. The summed E-state index contributed by atoms with van der Waals surface area (Å²) in [5, 5.41) is 7.68. The molecule has 3 aromatic rings. The Bertz CT molecular complexity index is 925.